The van der Waals surface area contributed by atoms with Crippen LogP contribution in [-0.2, 0) is 31.7 Å². The first-order valence-corrected chi connectivity index (χ1v) is 10.7. The summed E-state index contributed by atoms with van der Waals surface area (Å²) in [7, 11) is 0. The Balaban J connectivity index is 1.40. The molecule has 0 atom stereocenters. The number of fused-ring (bicyclic) bond motifs is 1. The van der Waals surface area contributed by atoms with Crippen molar-refractivity contribution in [3.63, 3.8) is 0 Å². The molecule has 0 unspecified atom stereocenters. The van der Waals surface area contributed by atoms with Gasteiger partial charge in [0.2, 0.25) is 0 Å². The maximum atomic E-state index is 4.54. The smallest absolute Gasteiger partial charge is 0.0401 e. The highest BCUT2D eigenvalue weighted by molar-refractivity contribution is 7.98. The Hall–Kier alpha value is -2.10. The standard InChI is InChI=1S/C24H26N2S/c1-2-23-10-8-20(15-25-23)16-26-13-12-21-9-11-24(14-22(21)17-26)27-18-19-6-4-3-5-7-19/h3-11,14-15H,2,12-13,16-18H2,1H3. The first kappa shape index (κ1) is 18.3. The van der Waals surface area contributed by atoms with Gasteiger partial charge in [0, 0.05) is 42.2 Å². The van der Waals surface area contributed by atoms with Crippen molar-refractivity contribution in [2.75, 3.05) is 6.54 Å². The predicted molar refractivity (Wildman–Crippen MR) is 114 cm³/mol. The molecule has 2 nitrogen and oxygen atoms in total. The minimum atomic E-state index is 0.984. The third-order valence-corrected chi connectivity index (χ3v) is 6.24. The Labute approximate surface area is 166 Å². The fourth-order valence-electron chi connectivity index (χ4n) is 3.57. The van der Waals surface area contributed by atoms with Gasteiger partial charge in [-0.05, 0) is 53.3 Å². The molecule has 138 valence electrons. The van der Waals surface area contributed by atoms with E-state index in [0.717, 1.165) is 38.2 Å². The van der Waals surface area contributed by atoms with E-state index in [4.69, 9.17) is 0 Å². The second-order valence-electron chi connectivity index (χ2n) is 7.18. The van der Waals surface area contributed by atoms with E-state index in [-0.39, 0.29) is 0 Å². The average Bonchev–Trinajstić information content (AvgIpc) is 2.73. The van der Waals surface area contributed by atoms with Crippen LogP contribution in [-0.4, -0.2) is 16.4 Å². The number of hydrogen-bond donors (Lipinski definition) is 0. The summed E-state index contributed by atoms with van der Waals surface area (Å²) in [5, 5.41) is 0. The van der Waals surface area contributed by atoms with Gasteiger partial charge in [0.15, 0.2) is 0 Å². The first-order chi connectivity index (χ1) is 13.3. The van der Waals surface area contributed by atoms with Crippen LogP contribution in [0.5, 0.6) is 0 Å². The van der Waals surface area contributed by atoms with Crippen molar-refractivity contribution in [2.45, 2.75) is 43.5 Å². The molecule has 0 radical (unpaired) electrons. The van der Waals surface area contributed by atoms with E-state index < -0.39 is 0 Å². The topological polar surface area (TPSA) is 16.1 Å². The van der Waals surface area contributed by atoms with Gasteiger partial charge in [0.25, 0.3) is 0 Å². The van der Waals surface area contributed by atoms with Crippen molar-refractivity contribution in [2.24, 2.45) is 0 Å². The van der Waals surface area contributed by atoms with Crippen molar-refractivity contribution in [1.82, 2.24) is 9.88 Å². The van der Waals surface area contributed by atoms with E-state index in [1.54, 1.807) is 0 Å². The maximum absolute atomic E-state index is 4.54. The van der Waals surface area contributed by atoms with Crippen LogP contribution in [0.25, 0.3) is 0 Å². The van der Waals surface area contributed by atoms with Gasteiger partial charge in [0.1, 0.15) is 0 Å². The highest BCUT2D eigenvalue weighted by Crippen LogP contribution is 2.28. The number of pyridine rings is 1. The number of aromatic nitrogens is 1. The summed E-state index contributed by atoms with van der Waals surface area (Å²) in [4.78, 5) is 8.45. The summed E-state index contributed by atoms with van der Waals surface area (Å²) in [6, 6.07) is 22.1. The van der Waals surface area contributed by atoms with Crippen LogP contribution in [0, 0.1) is 0 Å². The number of thioether (sulfide) groups is 1. The molecule has 0 N–H and O–H groups in total. The van der Waals surface area contributed by atoms with Crippen LogP contribution in [0.4, 0.5) is 0 Å². The van der Waals surface area contributed by atoms with Crippen molar-refractivity contribution in [3.8, 4) is 0 Å². The fourth-order valence-corrected chi connectivity index (χ4v) is 4.49. The number of benzene rings is 2. The second kappa shape index (κ2) is 8.73. The fraction of sp³-hybridized carbons (Fsp3) is 0.292. The Morgan fingerprint density at radius 3 is 2.63 bits per heavy atom. The van der Waals surface area contributed by atoms with Crippen molar-refractivity contribution in [3.05, 3.63) is 94.8 Å². The van der Waals surface area contributed by atoms with Crippen LogP contribution in [0.3, 0.4) is 0 Å². The van der Waals surface area contributed by atoms with Gasteiger partial charge < -0.3 is 0 Å². The molecule has 0 saturated carbocycles. The molecule has 2 heterocycles. The highest BCUT2D eigenvalue weighted by Gasteiger charge is 2.17. The lowest BCUT2D eigenvalue weighted by atomic mass is 9.99. The third-order valence-electron chi connectivity index (χ3n) is 5.17. The van der Waals surface area contributed by atoms with E-state index in [1.807, 2.05) is 18.0 Å². The van der Waals surface area contributed by atoms with Crippen LogP contribution in [0.1, 0.15) is 34.9 Å². The molecule has 0 bridgehead atoms. The van der Waals surface area contributed by atoms with Gasteiger partial charge in [-0.3, -0.25) is 9.88 Å². The molecule has 0 fully saturated rings. The molecule has 3 heteroatoms. The first-order valence-electron chi connectivity index (χ1n) is 9.75. The summed E-state index contributed by atoms with van der Waals surface area (Å²) in [6.07, 6.45) is 4.18. The zero-order chi connectivity index (χ0) is 18.5. The minimum Gasteiger partial charge on any atom is -0.294 e. The molecule has 0 spiro atoms. The molecule has 0 amide bonds. The van der Waals surface area contributed by atoms with Crippen LogP contribution in [0.2, 0.25) is 0 Å². The Morgan fingerprint density at radius 1 is 0.963 bits per heavy atom. The molecule has 1 aliphatic heterocycles. The van der Waals surface area contributed by atoms with Crippen molar-refractivity contribution in [1.29, 1.82) is 0 Å². The van der Waals surface area contributed by atoms with E-state index >= 15 is 0 Å². The lowest BCUT2D eigenvalue weighted by Gasteiger charge is -2.29. The van der Waals surface area contributed by atoms with Crippen LogP contribution >= 0.6 is 11.8 Å². The molecule has 27 heavy (non-hydrogen) atoms. The normalized spacial score (nSPS) is 14.1. The summed E-state index contributed by atoms with van der Waals surface area (Å²) in [5.74, 6) is 1.03. The maximum Gasteiger partial charge on any atom is 0.0401 e. The summed E-state index contributed by atoms with van der Waals surface area (Å²) < 4.78 is 0. The van der Waals surface area contributed by atoms with Gasteiger partial charge in [-0.15, -0.1) is 11.8 Å². The quantitative estimate of drug-likeness (QED) is 0.530. The number of aryl methyl sites for hydroxylation is 1. The Bertz CT molecular complexity index is 875. The van der Waals surface area contributed by atoms with Crippen LogP contribution in [0.15, 0.2) is 71.8 Å². The summed E-state index contributed by atoms with van der Waals surface area (Å²) in [6.45, 7) is 5.29. The van der Waals surface area contributed by atoms with E-state index in [1.165, 1.54) is 32.8 Å². The molecule has 4 rings (SSSR count). The Morgan fingerprint density at radius 2 is 1.85 bits per heavy atom. The Kier molecular flexibility index (Phi) is 5.90. The zero-order valence-electron chi connectivity index (χ0n) is 15.9. The molecule has 3 aromatic rings. The molecule has 0 aliphatic carbocycles. The SMILES string of the molecule is CCc1ccc(CN2CCc3ccc(SCc4ccccc4)cc3C2)cn1. The minimum absolute atomic E-state index is 0.984. The lowest BCUT2D eigenvalue weighted by Crippen LogP contribution is -2.30. The monoisotopic (exact) mass is 374 g/mol. The third kappa shape index (κ3) is 4.79. The van der Waals surface area contributed by atoms with Gasteiger partial charge in [-0.1, -0.05) is 49.4 Å². The average molecular weight is 375 g/mol. The molecule has 1 aliphatic rings. The van der Waals surface area contributed by atoms with Gasteiger partial charge >= 0.3 is 0 Å². The number of nitrogens with zero attached hydrogens (tertiary/aromatic N) is 2. The summed E-state index contributed by atoms with van der Waals surface area (Å²) >= 11 is 1.93. The van der Waals surface area contributed by atoms with Crippen molar-refractivity contribution >= 4 is 11.8 Å². The predicted octanol–water partition coefficient (Wildman–Crippen LogP) is 5.49. The largest absolute Gasteiger partial charge is 0.294 e. The van der Waals surface area contributed by atoms with Gasteiger partial charge in [-0.25, -0.2) is 0 Å². The van der Waals surface area contributed by atoms with E-state index in [0.29, 0.717) is 0 Å². The second-order valence-corrected chi connectivity index (χ2v) is 8.23. The molecular weight excluding hydrogens is 348 g/mol. The van der Waals surface area contributed by atoms with E-state index in [9.17, 15) is 0 Å². The van der Waals surface area contributed by atoms with Gasteiger partial charge in [0.05, 0.1) is 0 Å². The number of rotatable bonds is 6. The van der Waals surface area contributed by atoms with Crippen LogP contribution < -0.4 is 0 Å². The van der Waals surface area contributed by atoms with Crippen molar-refractivity contribution < 1.29 is 0 Å². The van der Waals surface area contributed by atoms with Gasteiger partial charge in [-0.2, -0.15) is 0 Å². The van der Waals surface area contributed by atoms with E-state index in [2.05, 4.69) is 77.5 Å². The summed E-state index contributed by atoms with van der Waals surface area (Å²) in [5.41, 5.74) is 6.85. The zero-order valence-corrected chi connectivity index (χ0v) is 16.7. The number of hydrogen-bond acceptors (Lipinski definition) is 3. The molecular formula is C24H26N2S. The lowest BCUT2D eigenvalue weighted by molar-refractivity contribution is 0.245. The molecule has 0 saturated heterocycles. The highest BCUT2D eigenvalue weighted by atomic mass is 32.2. The molecule has 1 aromatic heterocycles. The molecule has 2 aromatic carbocycles.